The fraction of sp³-hybridized carbons (Fsp3) is 0.0455. The first-order valence-electron chi connectivity index (χ1n) is 8.48. The lowest BCUT2D eigenvalue weighted by Gasteiger charge is -2.10. The molecule has 1 aliphatic heterocycles. The van der Waals surface area contributed by atoms with Crippen molar-refractivity contribution in [1.29, 1.82) is 0 Å². The zero-order chi connectivity index (χ0) is 19.7. The molecule has 1 N–H and O–H groups in total. The van der Waals surface area contributed by atoms with E-state index >= 15 is 0 Å². The highest BCUT2D eigenvalue weighted by Crippen LogP contribution is 2.37. The Morgan fingerprint density at radius 1 is 0.893 bits per heavy atom. The van der Waals surface area contributed by atoms with Crippen LogP contribution in [-0.2, 0) is 4.79 Å². The second kappa shape index (κ2) is 7.58. The predicted molar refractivity (Wildman–Crippen MR) is 112 cm³/mol. The van der Waals surface area contributed by atoms with Crippen molar-refractivity contribution in [3.8, 4) is 17.2 Å². The monoisotopic (exact) mass is 411 g/mol. The molecule has 3 aromatic carbocycles. The first-order valence-corrected chi connectivity index (χ1v) is 9.23. The van der Waals surface area contributed by atoms with Gasteiger partial charge in [0, 0.05) is 26.7 Å². The van der Waals surface area contributed by atoms with Crippen LogP contribution in [0, 0.1) is 0 Å². The molecule has 0 aliphatic carbocycles. The molecule has 3 aromatic rings. The summed E-state index contributed by atoms with van der Waals surface area (Å²) in [7, 11) is 1.61. The third-order valence-corrected chi connectivity index (χ3v) is 4.79. The summed E-state index contributed by atoms with van der Waals surface area (Å²) in [4.78, 5) is 12.5. The molecule has 1 amide bonds. The van der Waals surface area contributed by atoms with Gasteiger partial charge in [-0.25, -0.2) is 0 Å². The number of anilines is 1. The van der Waals surface area contributed by atoms with Gasteiger partial charge in [-0.1, -0.05) is 29.3 Å². The molecule has 28 heavy (non-hydrogen) atoms. The van der Waals surface area contributed by atoms with Crippen LogP contribution in [0.25, 0.3) is 11.6 Å². The van der Waals surface area contributed by atoms with Crippen LogP contribution >= 0.6 is 23.2 Å². The SMILES string of the molecule is COc1ccc(Oc2ccc(Cl)cc2/C=C2\C(=O)Nc3cc(Cl)ccc32)cc1. The van der Waals surface area contributed by atoms with Gasteiger partial charge in [0.25, 0.3) is 5.91 Å². The summed E-state index contributed by atoms with van der Waals surface area (Å²) in [6.07, 6.45) is 1.76. The Kier molecular flexibility index (Phi) is 4.99. The van der Waals surface area contributed by atoms with E-state index in [9.17, 15) is 4.79 Å². The lowest BCUT2D eigenvalue weighted by atomic mass is 10.0. The van der Waals surface area contributed by atoms with E-state index in [4.69, 9.17) is 32.7 Å². The Morgan fingerprint density at radius 3 is 2.32 bits per heavy atom. The highest BCUT2D eigenvalue weighted by molar-refractivity contribution is 6.37. The molecule has 0 unspecified atom stereocenters. The van der Waals surface area contributed by atoms with E-state index < -0.39 is 0 Å². The fourth-order valence-corrected chi connectivity index (χ4v) is 3.31. The number of benzene rings is 3. The Bertz CT molecular complexity index is 1090. The number of halogens is 2. The second-order valence-electron chi connectivity index (χ2n) is 6.16. The van der Waals surface area contributed by atoms with Crippen LogP contribution in [0.1, 0.15) is 11.1 Å². The molecule has 0 saturated heterocycles. The average molecular weight is 412 g/mol. The van der Waals surface area contributed by atoms with Gasteiger partial charge >= 0.3 is 0 Å². The highest BCUT2D eigenvalue weighted by Gasteiger charge is 2.24. The van der Waals surface area contributed by atoms with Gasteiger partial charge in [0.1, 0.15) is 17.2 Å². The molecule has 0 radical (unpaired) electrons. The molecule has 0 fully saturated rings. The normalized spacial score (nSPS) is 14.0. The van der Waals surface area contributed by atoms with E-state index in [-0.39, 0.29) is 5.91 Å². The average Bonchev–Trinajstić information content (AvgIpc) is 2.99. The molecule has 0 saturated carbocycles. The van der Waals surface area contributed by atoms with Crippen molar-refractivity contribution in [3.05, 3.63) is 81.8 Å². The summed E-state index contributed by atoms with van der Waals surface area (Å²) >= 11 is 12.2. The topological polar surface area (TPSA) is 47.6 Å². The molecule has 140 valence electrons. The molecule has 4 rings (SSSR count). The fourth-order valence-electron chi connectivity index (χ4n) is 2.96. The smallest absolute Gasteiger partial charge is 0.256 e. The van der Waals surface area contributed by atoms with Gasteiger partial charge in [-0.2, -0.15) is 0 Å². The van der Waals surface area contributed by atoms with Crippen LogP contribution in [0.5, 0.6) is 17.2 Å². The zero-order valence-corrected chi connectivity index (χ0v) is 16.3. The molecule has 4 nitrogen and oxygen atoms in total. The standard InChI is InChI=1S/C22H15Cl2NO3/c1-27-16-4-6-17(7-5-16)28-21-9-3-14(23)10-13(21)11-19-18-8-2-15(24)12-20(18)25-22(19)26/h2-12H,1H3,(H,25,26)/b19-11-. The van der Waals surface area contributed by atoms with Crippen molar-refractivity contribution in [1.82, 2.24) is 0 Å². The van der Waals surface area contributed by atoms with E-state index in [0.717, 1.165) is 11.3 Å². The zero-order valence-electron chi connectivity index (χ0n) is 14.8. The number of methoxy groups -OCH3 is 1. The minimum absolute atomic E-state index is 0.201. The van der Waals surface area contributed by atoms with Crippen molar-refractivity contribution in [2.75, 3.05) is 12.4 Å². The number of ether oxygens (including phenoxy) is 2. The molecule has 0 atom stereocenters. The first kappa shape index (κ1) is 18.4. The van der Waals surface area contributed by atoms with Gasteiger partial charge in [-0.3, -0.25) is 4.79 Å². The van der Waals surface area contributed by atoms with E-state index in [2.05, 4.69) is 5.32 Å². The summed E-state index contributed by atoms with van der Waals surface area (Å²) in [6, 6.07) is 17.8. The summed E-state index contributed by atoms with van der Waals surface area (Å²) in [5.74, 6) is 1.76. The van der Waals surface area contributed by atoms with E-state index in [1.807, 2.05) is 30.3 Å². The molecule has 0 spiro atoms. The molecule has 1 heterocycles. The molecular weight excluding hydrogens is 397 g/mol. The number of rotatable bonds is 4. The van der Waals surface area contributed by atoms with E-state index in [1.54, 1.807) is 43.5 Å². The summed E-state index contributed by atoms with van der Waals surface area (Å²) in [5.41, 5.74) is 2.68. The highest BCUT2D eigenvalue weighted by atomic mass is 35.5. The number of carbonyl (C=O) groups is 1. The molecule has 0 bridgehead atoms. The largest absolute Gasteiger partial charge is 0.497 e. The molecule has 6 heteroatoms. The predicted octanol–water partition coefficient (Wildman–Crippen LogP) is 6.29. The van der Waals surface area contributed by atoms with Gasteiger partial charge < -0.3 is 14.8 Å². The number of carbonyl (C=O) groups excluding carboxylic acids is 1. The molecule has 1 aliphatic rings. The Balaban J connectivity index is 1.73. The Labute approximate surface area is 172 Å². The number of amides is 1. The molecular formula is C22H15Cl2NO3. The van der Waals surface area contributed by atoms with Gasteiger partial charge in [-0.15, -0.1) is 0 Å². The molecule has 0 aromatic heterocycles. The van der Waals surface area contributed by atoms with E-state index in [1.165, 1.54) is 0 Å². The third kappa shape index (κ3) is 3.70. The number of hydrogen-bond donors (Lipinski definition) is 1. The third-order valence-electron chi connectivity index (χ3n) is 4.32. The minimum Gasteiger partial charge on any atom is -0.497 e. The number of nitrogens with one attached hydrogen (secondary N) is 1. The second-order valence-corrected chi connectivity index (χ2v) is 7.03. The minimum atomic E-state index is -0.201. The number of hydrogen-bond acceptors (Lipinski definition) is 3. The van der Waals surface area contributed by atoms with Crippen LogP contribution in [-0.4, -0.2) is 13.0 Å². The number of fused-ring (bicyclic) bond motifs is 1. The quantitative estimate of drug-likeness (QED) is 0.513. The van der Waals surface area contributed by atoms with E-state index in [0.29, 0.717) is 38.4 Å². The maximum absolute atomic E-state index is 12.5. The van der Waals surface area contributed by atoms with Crippen molar-refractivity contribution in [3.63, 3.8) is 0 Å². The summed E-state index contributed by atoms with van der Waals surface area (Å²) < 4.78 is 11.2. The summed E-state index contributed by atoms with van der Waals surface area (Å²) in [6.45, 7) is 0. The van der Waals surface area contributed by atoms with Gasteiger partial charge in [0.2, 0.25) is 0 Å². The van der Waals surface area contributed by atoms with Crippen molar-refractivity contribution in [2.24, 2.45) is 0 Å². The van der Waals surface area contributed by atoms with Crippen molar-refractivity contribution >= 4 is 46.4 Å². The van der Waals surface area contributed by atoms with Crippen LogP contribution in [0.15, 0.2) is 60.7 Å². The first-order chi connectivity index (χ1) is 13.5. The Morgan fingerprint density at radius 2 is 1.57 bits per heavy atom. The maximum Gasteiger partial charge on any atom is 0.256 e. The van der Waals surface area contributed by atoms with Gasteiger partial charge in [0.05, 0.1) is 12.8 Å². The van der Waals surface area contributed by atoms with Crippen LogP contribution in [0.4, 0.5) is 5.69 Å². The van der Waals surface area contributed by atoms with Crippen LogP contribution in [0.3, 0.4) is 0 Å². The maximum atomic E-state index is 12.5. The lowest BCUT2D eigenvalue weighted by molar-refractivity contribution is -0.110. The van der Waals surface area contributed by atoms with Crippen molar-refractivity contribution < 1.29 is 14.3 Å². The van der Waals surface area contributed by atoms with Crippen LogP contribution < -0.4 is 14.8 Å². The Hall–Kier alpha value is -2.95. The van der Waals surface area contributed by atoms with Gasteiger partial charge in [-0.05, 0) is 60.7 Å². The van der Waals surface area contributed by atoms with Crippen molar-refractivity contribution in [2.45, 2.75) is 0 Å². The van der Waals surface area contributed by atoms with Crippen LogP contribution in [0.2, 0.25) is 10.0 Å². The lowest BCUT2D eigenvalue weighted by Crippen LogP contribution is -2.03. The van der Waals surface area contributed by atoms with Gasteiger partial charge in [0.15, 0.2) is 0 Å². The summed E-state index contributed by atoms with van der Waals surface area (Å²) in [5, 5.41) is 3.93.